The summed E-state index contributed by atoms with van der Waals surface area (Å²) in [5, 5.41) is 6.60. The third kappa shape index (κ3) is 8.95. The average Bonchev–Trinajstić information content (AvgIpc) is 2.56. The number of nitrogens with one attached hydrogen (secondary N) is 2. The van der Waals surface area contributed by atoms with E-state index in [9.17, 15) is 4.79 Å². The van der Waals surface area contributed by atoms with Crippen molar-refractivity contribution >= 4 is 12.1 Å². The van der Waals surface area contributed by atoms with E-state index in [-0.39, 0.29) is 12.1 Å². The van der Waals surface area contributed by atoms with Crippen LogP contribution >= 0.6 is 0 Å². The molecule has 1 atom stereocenters. The van der Waals surface area contributed by atoms with Gasteiger partial charge in [0, 0.05) is 39.9 Å². The van der Waals surface area contributed by atoms with Gasteiger partial charge in [0.2, 0.25) is 0 Å². The number of aliphatic imine (C=N–C) groups is 1. The maximum absolute atomic E-state index is 12.4. The van der Waals surface area contributed by atoms with Crippen molar-refractivity contribution < 1.29 is 14.3 Å². The number of amides is 1. The van der Waals surface area contributed by atoms with Gasteiger partial charge in [-0.1, -0.05) is 0 Å². The Balaban J connectivity index is 2.44. The standard InChI is InChI=1S/C18H36N4O3/c1-6-24-13-9-11-20-16(19-5)21-14-15-10-7-8-12-22(15)17(23)25-18(2,3)4/h15H,6-14H2,1-5H3,(H2,19,20,21). The normalized spacial score (nSPS) is 18.8. The Kier molecular flexibility index (Phi) is 9.63. The van der Waals surface area contributed by atoms with Gasteiger partial charge in [-0.15, -0.1) is 0 Å². The molecule has 0 aromatic heterocycles. The molecule has 7 nitrogen and oxygen atoms in total. The lowest BCUT2D eigenvalue weighted by Gasteiger charge is -2.37. The number of likely N-dealkylation sites (tertiary alicyclic amines) is 1. The summed E-state index contributed by atoms with van der Waals surface area (Å²) in [5.41, 5.74) is -0.468. The van der Waals surface area contributed by atoms with Crippen LogP contribution in [0.5, 0.6) is 0 Å². The molecule has 0 aromatic carbocycles. The minimum absolute atomic E-state index is 0.130. The molecule has 1 rings (SSSR count). The van der Waals surface area contributed by atoms with E-state index in [0.29, 0.717) is 6.54 Å². The number of rotatable bonds is 7. The monoisotopic (exact) mass is 356 g/mol. The number of guanidine groups is 1. The molecule has 0 aromatic rings. The van der Waals surface area contributed by atoms with E-state index < -0.39 is 5.60 Å². The molecule has 1 aliphatic rings. The van der Waals surface area contributed by atoms with Gasteiger partial charge in [0.1, 0.15) is 5.60 Å². The summed E-state index contributed by atoms with van der Waals surface area (Å²) in [6.45, 7) is 11.4. The molecule has 0 spiro atoms. The van der Waals surface area contributed by atoms with Crippen LogP contribution in [0.2, 0.25) is 0 Å². The lowest BCUT2D eigenvalue weighted by molar-refractivity contribution is 0.0104. The summed E-state index contributed by atoms with van der Waals surface area (Å²) in [6, 6.07) is 0.130. The van der Waals surface area contributed by atoms with Crippen LogP contribution in [-0.2, 0) is 9.47 Å². The molecule has 1 aliphatic heterocycles. The van der Waals surface area contributed by atoms with Crippen LogP contribution in [-0.4, -0.2) is 68.5 Å². The summed E-state index contributed by atoms with van der Waals surface area (Å²) in [5.74, 6) is 0.756. The second-order valence-electron chi connectivity index (χ2n) is 7.25. The van der Waals surface area contributed by atoms with Crippen LogP contribution in [0, 0.1) is 0 Å². The van der Waals surface area contributed by atoms with E-state index in [4.69, 9.17) is 9.47 Å². The second kappa shape index (κ2) is 11.2. The van der Waals surface area contributed by atoms with Gasteiger partial charge in [-0.25, -0.2) is 4.79 Å². The largest absolute Gasteiger partial charge is 0.444 e. The molecular formula is C18H36N4O3. The zero-order chi connectivity index (χ0) is 18.7. The highest BCUT2D eigenvalue weighted by Crippen LogP contribution is 2.20. The third-order valence-corrected chi connectivity index (χ3v) is 3.95. The topological polar surface area (TPSA) is 75.2 Å². The highest BCUT2D eigenvalue weighted by molar-refractivity contribution is 5.79. The first-order chi connectivity index (χ1) is 11.9. The average molecular weight is 357 g/mol. The minimum Gasteiger partial charge on any atom is -0.444 e. The Bertz CT molecular complexity index is 421. The second-order valence-corrected chi connectivity index (χ2v) is 7.25. The van der Waals surface area contributed by atoms with E-state index in [1.807, 2.05) is 32.6 Å². The predicted octanol–water partition coefficient (Wildman–Crippen LogP) is 2.37. The molecule has 0 aliphatic carbocycles. The van der Waals surface area contributed by atoms with Gasteiger partial charge < -0.3 is 25.0 Å². The van der Waals surface area contributed by atoms with E-state index in [0.717, 1.165) is 57.9 Å². The van der Waals surface area contributed by atoms with Gasteiger partial charge in [-0.3, -0.25) is 4.99 Å². The summed E-state index contributed by atoms with van der Waals surface area (Å²) >= 11 is 0. The van der Waals surface area contributed by atoms with Gasteiger partial charge in [0.05, 0.1) is 6.04 Å². The van der Waals surface area contributed by atoms with Crippen molar-refractivity contribution in [2.24, 2.45) is 4.99 Å². The number of carbonyl (C=O) groups is 1. The fourth-order valence-corrected chi connectivity index (χ4v) is 2.73. The molecule has 0 bridgehead atoms. The fraction of sp³-hybridized carbons (Fsp3) is 0.889. The number of hydrogen-bond acceptors (Lipinski definition) is 4. The number of piperidine rings is 1. The molecule has 1 amide bonds. The number of carbonyl (C=O) groups excluding carboxylic acids is 1. The Morgan fingerprint density at radius 2 is 2.04 bits per heavy atom. The van der Waals surface area contributed by atoms with E-state index >= 15 is 0 Å². The quantitative estimate of drug-likeness (QED) is 0.416. The van der Waals surface area contributed by atoms with Crippen molar-refractivity contribution in [3.8, 4) is 0 Å². The van der Waals surface area contributed by atoms with Crippen LogP contribution in [0.15, 0.2) is 4.99 Å². The van der Waals surface area contributed by atoms with Crippen molar-refractivity contribution in [2.45, 2.75) is 65.0 Å². The van der Waals surface area contributed by atoms with Gasteiger partial charge in [0.25, 0.3) is 0 Å². The van der Waals surface area contributed by atoms with Gasteiger partial charge in [-0.2, -0.15) is 0 Å². The van der Waals surface area contributed by atoms with Gasteiger partial charge in [-0.05, 0) is 53.4 Å². The van der Waals surface area contributed by atoms with Crippen LogP contribution in [0.4, 0.5) is 4.79 Å². The van der Waals surface area contributed by atoms with Crippen molar-refractivity contribution in [3.63, 3.8) is 0 Å². The lowest BCUT2D eigenvalue weighted by atomic mass is 10.0. The van der Waals surface area contributed by atoms with E-state index in [1.165, 1.54) is 0 Å². The molecule has 7 heteroatoms. The first kappa shape index (κ1) is 21.5. The lowest BCUT2D eigenvalue weighted by Crippen LogP contribution is -2.52. The SMILES string of the molecule is CCOCCCNC(=NC)NCC1CCCCN1C(=O)OC(C)(C)C. The van der Waals surface area contributed by atoms with Crippen molar-refractivity contribution in [2.75, 3.05) is 39.9 Å². The minimum atomic E-state index is -0.468. The van der Waals surface area contributed by atoms with Crippen LogP contribution in [0.25, 0.3) is 0 Å². The van der Waals surface area contributed by atoms with Crippen molar-refractivity contribution in [3.05, 3.63) is 0 Å². The third-order valence-electron chi connectivity index (χ3n) is 3.95. The number of hydrogen-bond donors (Lipinski definition) is 2. The maximum atomic E-state index is 12.4. The fourth-order valence-electron chi connectivity index (χ4n) is 2.73. The molecular weight excluding hydrogens is 320 g/mol. The summed E-state index contributed by atoms with van der Waals surface area (Å²) in [7, 11) is 1.75. The summed E-state index contributed by atoms with van der Waals surface area (Å²) in [4.78, 5) is 18.5. The highest BCUT2D eigenvalue weighted by Gasteiger charge is 2.30. The van der Waals surface area contributed by atoms with Crippen LogP contribution in [0.1, 0.15) is 53.4 Å². The Morgan fingerprint density at radius 1 is 1.28 bits per heavy atom. The van der Waals surface area contributed by atoms with Crippen molar-refractivity contribution in [1.29, 1.82) is 0 Å². The van der Waals surface area contributed by atoms with Crippen molar-refractivity contribution in [1.82, 2.24) is 15.5 Å². The molecule has 2 N–H and O–H groups in total. The molecule has 0 radical (unpaired) electrons. The van der Waals surface area contributed by atoms with Crippen LogP contribution in [0.3, 0.4) is 0 Å². The summed E-state index contributed by atoms with van der Waals surface area (Å²) < 4.78 is 10.9. The molecule has 1 heterocycles. The smallest absolute Gasteiger partial charge is 0.410 e. The molecule has 1 saturated heterocycles. The van der Waals surface area contributed by atoms with Gasteiger partial charge >= 0.3 is 6.09 Å². The Morgan fingerprint density at radius 3 is 2.68 bits per heavy atom. The molecule has 0 saturated carbocycles. The van der Waals surface area contributed by atoms with Crippen LogP contribution < -0.4 is 10.6 Å². The number of ether oxygens (including phenoxy) is 2. The van der Waals surface area contributed by atoms with Gasteiger partial charge in [0.15, 0.2) is 5.96 Å². The number of nitrogens with zero attached hydrogens (tertiary/aromatic N) is 2. The molecule has 25 heavy (non-hydrogen) atoms. The van der Waals surface area contributed by atoms with E-state index in [2.05, 4.69) is 15.6 Å². The maximum Gasteiger partial charge on any atom is 0.410 e. The summed E-state index contributed by atoms with van der Waals surface area (Å²) in [6.07, 6.45) is 3.85. The predicted molar refractivity (Wildman–Crippen MR) is 101 cm³/mol. The Hall–Kier alpha value is -1.50. The Labute approximate surface area is 152 Å². The molecule has 146 valence electrons. The first-order valence-electron chi connectivity index (χ1n) is 9.39. The zero-order valence-electron chi connectivity index (χ0n) is 16.6. The first-order valence-corrected chi connectivity index (χ1v) is 9.39. The van der Waals surface area contributed by atoms with E-state index in [1.54, 1.807) is 7.05 Å². The molecule has 1 unspecified atom stereocenters. The molecule has 1 fully saturated rings. The zero-order valence-corrected chi connectivity index (χ0v) is 16.6. The highest BCUT2D eigenvalue weighted by atomic mass is 16.6.